The molecular formula is C7H12N2O. The summed E-state index contributed by atoms with van der Waals surface area (Å²) in [5.74, 6) is 0. The Morgan fingerprint density at radius 3 is 3.00 bits per heavy atom. The van der Waals surface area contributed by atoms with E-state index in [2.05, 4.69) is 23.9 Å². The minimum absolute atomic E-state index is 0.868. The van der Waals surface area contributed by atoms with Gasteiger partial charge in [0, 0.05) is 6.54 Å². The third-order valence-corrected chi connectivity index (χ3v) is 1.46. The molecule has 0 unspecified atom stereocenters. The molecule has 0 aliphatic heterocycles. The Bertz CT molecular complexity index is 172. The Balaban J connectivity index is 2.40. The molecule has 0 N–H and O–H groups in total. The number of nitrogens with zero attached hydrogens (tertiary/aromatic N) is 2. The van der Waals surface area contributed by atoms with Crippen LogP contribution in [-0.4, -0.2) is 23.5 Å². The van der Waals surface area contributed by atoms with Crippen LogP contribution >= 0.6 is 0 Å². The van der Waals surface area contributed by atoms with Crippen molar-refractivity contribution >= 4 is 0 Å². The Hall–Kier alpha value is -0.830. The summed E-state index contributed by atoms with van der Waals surface area (Å²) < 4.78 is 4.82. The molecule has 0 aliphatic rings. The van der Waals surface area contributed by atoms with E-state index in [9.17, 15) is 0 Å². The molecule has 0 aromatic carbocycles. The molecule has 3 nitrogen and oxygen atoms in total. The van der Waals surface area contributed by atoms with Gasteiger partial charge < -0.3 is 9.32 Å². The first-order valence-corrected chi connectivity index (χ1v) is 3.38. The van der Waals surface area contributed by atoms with Crippen LogP contribution in [0.15, 0.2) is 17.1 Å². The maximum Gasteiger partial charge on any atom is 0.180 e. The van der Waals surface area contributed by atoms with Crippen LogP contribution in [0.4, 0.5) is 0 Å². The first-order valence-electron chi connectivity index (χ1n) is 3.38. The summed E-state index contributed by atoms with van der Waals surface area (Å²) in [7, 11) is 2.05. The lowest BCUT2D eigenvalue weighted by molar-refractivity contribution is 0.341. The first kappa shape index (κ1) is 7.28. The van der Waals surface area contributed by atoms with Crippen molar-refractivity contribution < 1.29 is 4.42 Å². The van der Waals surface area contributed by atoms with Gasteiger partial charge in [0.05, 0.1) is 5.69 Å². The van der Waals surface area contributed by atoms with Crippen molar-refractivity contribution in [1.29, 1.82) is 0 Å². The van der Waals surface area contributed by atoms with Crippen LogP contribution < -0.4 is 0 Å². The van der Waals surface area contributed by atoms with E-state index in [-0.39, 0.29) is 0 Å². The predicted octanol–water partition coefficient (Wildman–Crippen LogP) is 1.13. The molecule has 0 aliphatic carbocycles. The molecule has 1 rings (SSSR count). The van der Waals surface area contributed by atoms with Gasteiger partial charge in [-0.1, -0.05) is 6.92 Å². The SMILES string of the molecule is CCN(C)Cc1cocn1. The zero-order valence-corrected chi connectivity index (χ0v) is 6.37. The molecule has 0 radical (unpaired) electrons. The van der Waals surface area contributed by atoms with Gasteiger partial charge >= 0.3 is 0 Å². The number of oxazole rings is 1. The van der Waals surface area contributed by atoms with Gasteiger partial charge in [-0.25, -0.2) is 4.98 Å². The molecule has 0 fully saturated rings. The van der Waals surface area contributed by atoms with Crippen molar-refractivity contribution in [3.8, 4) is 0 Å². The van der Waals surface area contributed by atoms with Crippen LogP contribution in [0.3, 0.4) is 0 Å². The quantitative estimate of drug-likeness (QED) is 0.630. The molecule has 10 heavy (non-hydrogen) atoms. The lowest BCUT2D eigenvalue weighted by atomic mass is 10.4. The second kappa shape index (κ2) is 3.37. The topological polar surface area (TPSA) is 29.3 Å². The maximum atomic E-state index is 4.82. The summed E-state index contributed by atoms with van der Waals surface area (Å²) >= 11 is 0. The van der Waals surface area contributed by atoms with Crippen LogP contribution in [0, 0.1) is 0 Å². The second-order valence-electron chi connectivity index (χ2n) is 2.31. The number of hydrogen-bond acceptors (Lipinski definition) is 3. The summed E-state index contributed by atoms with van der Waals surface area (Å²) in [6.45, 7) is 4.01. The predicted molar refractivity (Wildman–Crippen MR) is 38.5 cm³/mol. The van der Waals surface area contributed by atoms with Gasteiger partial charge in [0.25, 0.3) is 0 Å². The van der Waals surface area contributed by atoms with Gasteiger partial charge in [-0.3, -0.25) is 0 Å². The molecule has 56 valence electrons. The van der Waals surface area contributed by atoms with Crippen LogP contribution in [0.1, 0.15) is 12.6 Å². The molecule has 1 aromatic rings. The number of hydrogen-bond donors (Lipinski definition) is 0. The fourth-order valence-electron chi connectivity index (χ4n) is 0.704. The fraction of sp³-hybridized carbons (Fsp3) is 0.571. The maximum absolute atomic E-state index is 4.82. The molecule has 0 amide bonds. The van der Waals surface area contributed by atoms with E-state index in [1.54, 1.807) is 6.26 Å². The number of rotatable bonds is 3. The minimum atomic E-state index is 0.868. The fourth-order valence-corrected chi connectivity index (χ4v) is 0.704. The van der Waals surface area contributed by atoms with Gasteiger partial charge in [0.1, 0.15) is 6.26 Å². The zero-order chi connectivity index (χ0) is 7.40. The Morgan fingerprint density at radius 2 is 2.50 bits per heavy atom. The third kappa shape index (κ3) is 1.84. The van der Waals surface area contributed by atoms with Crippen LogP contribution in [0.5, 0.6) is 0 Å². The lowest BCUT2D eigenvalue weighted by Gasteiger charge is -2.09. The smallest absolute Gasteiger partial charge is 0.180 e. The molecule has 3 heteroatoms. The molecule has 0 saturated heterocycles. The highest BCUT2D eigenvalue weighted by molar-refractivity contribution is 4.89. The van der Waals surface area contributed by atoms with E-state index < -0.39 is 0 Å². The Morgan fingerprint density at radius 1 is 1.70 bits per heavy atom. The van der Waals surface area contributed by atoms with Crippen molar-refractivity contribution in [2.75, 3.05) is 13.6 Å². The largest absolute Gasteiger partial charge is 0.451 e. The summed E-state index contributed by atoms with van der Waals surface area (Å²) in [5, 5.41) is 0. The summed E-state index contributed by atoms with van der Waals surface area (Å²) in [6, 6.07) is 0. The summed E-state index contributed by atoms with van der Waals surface area (Å²) in [5.41, 5.74) is 0.990. The van der Waals surface area contributed by atoms with Gasteiger partial charge in [0.15, 0.2) is 6.39 Å². The first-order chi connectivity index (χ1) is 4.83. The minimum Gasteiger partial charge on any atom is -0.451 e. The van der Waals surface area contributed by atoms with Gasteiger partial charge in [-0.2, -0.15) is 0 Å². The standard InChI is InChI=1S/C7H12N2O/c1-3-9(2)4-7-5-10-6-8-7/h5-6H,3-4H2,1-2H3. The van der Waals surface area contributed by atoms with Gasteiger partial charge in [0.2, 0.25) is 0 Å². The van der Waals surface area contributed by atoms with Crippen molar-refractivity contribution in [2.24, 2.45) is 0 Å². The number of aromatic nitrogens is 1. The van der Waals surface area contributed by atoms with E-state index >= 15 is 0 Å². The monoisotopic (exact) mass is 140 g/mol. The van der Waals surface area contributed by atoms with E-state index in [0.29, 0.717) is 0 Å². The summed E-state index contributed by atoms with van der Waals surface area (Å²) in [4.78, 5) is 6.16. The van der Waals surface area contributed by atoms with Crippen LogP contribution in [0.25, 0.3) is 0 Å². The van der Waals surface area contributed by atoms with E-state index in [0.717, 1.165) is 18.8 Å². The highest BCUT2D eigenvalue weighted by Crippen LogP contribution is 1.97. The Kier molecular flexibility index (Phi) is 2.45. The van der Waals surface area contributed by atoms with Crippen LogP contribution in [0.2, 0.25) is 0 Å². The third-order valence-electron chi connectivity index (χ3n) is 1.46. The van der Waals surface area contributed by atoms with E-state index in [1.807, 2.05) is 0 Å². The summed E-state index contributed by atoms with van der Waals surface area (Å²) in [6.07, 6.45) is 3.13. The highest BCUT2D eigenvalue weighted by atomic mass is 16.3. The van der Waals surface area contributed by atoms with Crippen molar-refractivity contribution in [1.82, 2.24) is 9.88 Å². The van der Waals surface area contributed by atoms with Crippen molar-refractivity contribution in [3.05, 3.63) is 18.4 Å². The normalized spacial score (nSPS) is 10.7. The molecule has 0 atom stereocenters. The van der Waals surface area contributed by atoms with Gasteiger partial charge in [-0.05, 0) is 13.6 Å². The molecule has 1 heterocycles. The second-order valence-corrected chi connectivity index (χ2v) is 2.31. The van der Waals surface area contributed by atoms with E-state index in [4.69, 9.17) is 4.42 Å². The van der Waals surface area contributed by atoms with E-state index in [1.165, 1.54) is 6.39 Å². The molecule has 0 saturated carbocycles. The van der Waals surface area contributed by atoms with Crippen molar-refractivity contribution in [2.45, 2.75) is 13.5 Å². The van der Waals surface area contributed by atoms with Crippen molar-refractivity contribution in [3.63, 3.8) is 0 Å². The average Bonchev–Trinajstić information content (AvgIpc) is 2.40. The van der Waals surface area contributed by atoms with Gasteiger partial charge in [-0.15, -0.1) is 0 Å². The molecular weight excluding hydrogens is 128 g/mol. The lowest BCUT2D eigenvalue weighted by Crippen LogP contribution is -2.16. The average molecular weight is 140 g/mol. The molecule has 0 bridgehead atoms. The molecule has 1 aromatic heterocycles. The van der Waals surface area contributed by atoms with Crippen LogP contribution in [-0.2, 0) is 6.54 Å². The highest BCUT2D eigenvalue weighted by Gasteiger charge is 1.98. The zero-order valence-electron chi connectivity index (χ0n) is 6.37. The molecule has 0 spiro atoms. The Labute approximate surface area is 60.7 Å².